The molecule has 0 saturated heterocycles. The summed E-state index contributed by atoms with van der Waals surface area (Å²) in [5, 5.41) is 4.55. The van der Waals surface area contributed by atoms with Gasteiger partial charge in [0.15, 0.2) is 5.13 Å². The van der Waals surface area contributed by atoms with E-state index in [0.717, 1.165) is 11.8 Å². The summed E-state index contributed by atoms with van der Waals surface area (Å²) in [5.74, 6) is -0.627. The maximum absolute atomic E-state index is 12.8. The lowest BCUT2D eigenvalue weighted by atomic mass is 10.1. The third-order valence-electron chi connectivity index (χ3n) is 2.37. The molecule has 0 bridgehead atoms. The highest BCUT2D eigenvalue weighted by atomic mass is 79.9. The fraction of sp³-hybridized carbons (Fsp3) is 0.167. The zero-order valence-corrected chi connectivity index (χ0v) is 12.5. The van der Waals surface area contributed by atoms with Gasteiger partial charge in [-0.2, -0.15) is 13.2 Å². The first-order valence-electron chi connectivity index (χ1n) is 5.37. The number of thiazole rings is 1. The lowest BCUT2D eigenvalue weighted by Crippen LogP contribution is -2.14. The van der Waals surface area contributed by atoms with Crippen LogP contribution in [0.2, 0.25) is 0 Å². The zero-order chi connectivity index (χ0) is 14.9. The Morgan fingerprint density at radius 1 is 1.40 bits per heavy atom. The molecule has 0 aliphatic rings. The van der Waals surface area contributed by atoms with Gasteiger partial charge in [-0.3, -0.25) is 10.1 Å². The van der Waals surface area contributed by atoms with Crippen molar-refractivity contribution in [3.63, 3.8) is 0 Å². The van der Waals surface area contributed by atoms with Gasteiger partial charge in [0.25, 0.3) is 5.91 Å². The van der Waals surface area contributed by atoms with Crippen LogP contribution in [-0.4, -0.2) is 10.9 Å². The summed E-state index contributed by atoms with van der Waals surface area (Å²) in [6.45, 7) is 1.76. The van der Waals surface area contributed by atoms with Crippen LogP contribution >= 0.6 is 27.3 Å². The monoisotopic (exact) mass is 364 g/mol. The molecule has 0 spiro atoms. The maximum Gasteiger partial charge on any atom is 0.417 e. The van der Waals surface area contributed by atoms with Gasteiger partial charge in [-0.05, 0) is 25.1 Å². The maximum atomic E-state index is 12.8. The highest BCUT2D eigenvalue weighted by Gasteiger charge is 2.33. The van der Waals surface area contributed by atoms with E-state index in [1.54, 1.807) is 12.3 Å². The van der Waals surface area contributed by atoms with Crippen molar-refractivity contribution in [1.82, 2.24) is 4.98 Å². The molecule has 0 radical (unpaired) electrons. The Labute approximate surface area is 125 Å². The van der Waals surface area contributed by atoms with Crippen molar-refractivity contribution in [2.75, 3.05) is 5.32 Å². The van der Waals surface area contributed by atoms with E-state index in [2.05, 4.69) is 26.2 Å². The minimum Gasteiger partial charge on any atom is -0.298 e. The first-order valence-corrected chi connectivity index (χ1v) is 7.05. The number of nitrogens with one attached hydrogen (secondary N) is 1. The first-order chi connectivity index (χ1) is 9.27. The molecule has 8 heteroatoms. The van der Waals surface area contributed by atoms with E-state index >= 15 is 0 Å². The molecule has 0 aliphatic carbocycles. The molecule has 1 N–H and O–H groups in total. The Morgan fingerprint density at radius 3 is 2.65 bits per heavy atom. The number of benzene rings is 1. The average Bonchev–Trinajstić information content (AvgIpc) is 2.73. The van der Waals surface area contributed by atoms with Gasteiger partial charge < -0.3 is 0 Å². The van der Waals surface area contributed by atoms with Crippen molar-refractivity contribution in [3.05, 3.63) is 44.9 Å². The molecule has 20 heavy (non-hydrogen) atoms. The Morgan fingerprint density at radius 2 is 2.10 bits per heavy atom. The van der Waals surface area contributed by atoms with Gasteiger partial charge in [0.05, 0.1) is 11.3 Å². The smallest absolute Gasteiger partial charge is 0.298 e. The first kappa shape index (κ1) is 15.0. The summed E-state index contributed by atoms with van der Waals surface area (Å²) in [4.78, 5) is 15.9. The van der Waals surface area contributed by atoms with Crippen LogP contribution < -0.4 is 5.32 Å². The van der Waals surface area contributed by atoms with E-state index in [0.29, 0.717) is 5.13 Å². The van der Waals surface area contributed by atoms with Gasteiger partial charge in [0, 0.05) is 15.4 Å². The average molecular weight is 365 g/mol. The number of aromatic nitrogens is 1. The van der Waals surface area contributed by atoms with Crippen molar-refractivity contribution in [1.29, 1.82) is 0 Å². The predicted molar refractivity (Wildman–Crippen MR) is 73.9 cm³/mol. The number of halogens is 4. The van der Waals surface area contributed by atoms with Gasteiger partial charge >= 0.3 is 6.18 Å². The second-order valence-corrected chi connectivity index (χ2v) is 5.65. The summed E-state index contributed by atoms with van der Waals surface area (Å²) in [6.07, 6.45) is -4.52. The molecule has 1 aromatic heterocycles. The Hall–Kier alpha value is -1.41. The number of hydrogen-bond donors (Lipinski definition) is 1. The number of carbonyl (C=O) groups excluding carboxylic acids is 1. The third kappa shape index (κ3) is 3.37. The van der Waals surface area contributed by atoms with Crippen LogP contribution in [-0.2, 0) is 6.18 Å². The second-order valence-electron chi connectivity index (χ2n) is 3.94. The zero-order valence-electron chi connectivity index (χ0n) is 10.1. The summed E-state index contributed by atoms with van der Waals surface area (Å²) in [7, 11) is 0. The van der Waals surface area contributed by atoms with Crippen molar-refractivity contribution >= 4 is 38.3 Å². The lowest BCUT2D eigenvalue weighted by molar-refractivity contribution is -0.138. The molecule has 0 atom stereocenters. The van der Waals surface area contributed by atoms with Crippen LogP contribution in [0.25, 0.3) is 0 Å². The molecule has 0 unspecified atom stereocenters. The molecule has 0 fully saturated rings. The third-order valence-corrected chi connectivity index (χ3v) is 3.94. The van der Waals surface area contributed by atoms with Crippen LogP contribution in [0.3, 0.4) is 0 Å². The fourth-order valence-corrected chi connectivity index (χ4v) is 2.62. The SMILES string of the molecule is Cc1csc(NC(=O)c2ccc(Br)c(C(F)(F)F)c2)n1. The molecule has 3 nitrogen and oxygen atoms in total. The van der Waals surface area contributed by atoms with Gasteiger partial charge in [-0.1, -0.05) is 15.9 Å². The topological polar surface area (TPSA) is 42.0 Å². The predicted octanol–water partition coefficient (Wildman–Crippen LogP) is 4.49. The molecular formula is C12H8BrF3N2OS. The standard InChI is InChI=1S/C12H8BrF3N2OS/c1-6-5-20-11(17-6)18-10(19)7-2-3-9(13)8(4-7)12(14,15)16/h2-5H,1H3,(H,17,18,19). The number of anilines is 1. The van der Waals surface area contributed by atoms with Crippen LogP contribution in [0.15, 0.2) is 28.1 Å². The van der Waals surface area contributed by atoms with E-state index in [1.807, 2.05) is 0 Å². The Kier molecular flexibility index (Phi) is 4.14. The number of hydrogen-bond acceptors (Lipinski definition) is 3. The van der Waals surface area contributed by atoms with Gasteiger partial charge in [-0.25, -0.2) is 4.98 Å². The highest BCUT2D eigenvalue weighted by Crippen LogP contribution is 2.35. The van der Waals surface area contributed by atoms with E-state index in [1.165, 1.54) is 23.5 Å². The molecule has 1 aromatic carbocycles. The van der Waals surface area contributed by atoms with Crippen LogP contribution in [0, 0.1) is 6.92 Å². The van der Waals surface area contributed by atoms with E-state index in [-0.39, 0.29) is 10.0 Å². The normalized spacial score (nSPS) is 11.4. The molecular weight excluding hydrogens is 357 g/mol. The summed E-state index contributed by atoms with van der Waals surface area (Å²) in [5.41, 5.74) is -0.231. The van der Waals surface area contributed by atoms with Crippen LogP contribution in [0.5, 0.6) is 0 Å². The van der Waals surface area contributed by atoms with Crippen LogP contribution in [0.4, 0.5) is 18.3 Å². The number of alkyl halides is 3. The van der Waals surface area contributed by atoms with Crippen molar-refractivity contribution < 1.29 is 18.0 Å². The number of nitrogens with zero attached hydrogens (tertiary/aromatic N) is 1. The van der Waals surface area contributed by atoms with E-state index in [9.17, 15) is 18.0 Å². The van der Waals surface area contributed by atoms with Crippen LogP contribution in [0.1, 0.15) is 21.6 Å². The van der Waals surface area contributed by atoms with E-state index in [4.69, 9.17) is 0 Å². The highest BCUT2D eigenvalue weighted by molar-refractivity contribution is 9.10. The Balaban J connectivity index is 2.27. The van der Waals surface area contributed by atoms with Crippen molar-refractivity contribution in [3.8, 4) is 0 Å². The minimum absolute atomic E-state index is 0.0756. The minimum atomic E-state index is -4.52. The Bertz CT molecular complexity index is 654. The number of amides is 1. The fourth-order valence-electron chi connectivity index (χ4n) is 1.46. The summed E-state index contributed by atoms with van der Waals surface area (Å²) < 4.78 is 38.1. The number of rotatable bonds is 2. The lowest BCUT2D eigenvalue weighted by Gasteiger charge is -2.10. The number of carbonyl (C=O) groups is 1. The largest absolute Gasteiger partial charge is 0.417 e. The molecule has 2 aromatic rings. The molecule has 2 rings (SSSR count). The van der Waals surface area contributed by atoms with Gasteiger partial charge in [0.1, 0.15) is 0 Å². The van der Waals surface area contributed by atoms with Gasteiger partial charge in [-0.15, -0.1) is 11.3 Å². The van der Waals surface area contributed by atoms with E-state index < -0.39 is 17.6 Å². The van der Waals surface area contributed by atoms with Crippen molar-refractivity contribution in [2.24, 2.45) is 0 Å². The molecule has 106 valence electrons. The second kappa shape index (κ2) is 5.53. The number of aryl methyl sites for hydroxylation is 1. The quantitative estimate of drug-likeness (QED) is 0.853. The summed E-state index contributed by atoms with van der Waals surface area (Å²) in [6, 6.07) is 3.32. The summed E-state index contributed by atoms with van der Waals surface area (Å²) >= 11 is 4.03. The van der Waals surface area contributed by atoms with Crippen molar-refractivity contribution in [2.45, 2.75) is 13.1 Å². The molecule has 1 amide bonds. The molecule has 0 aliphatic heterocycles. The van der Waals surface area contributed by atoms with Gasteiger partial charge in [0.2, 0.25) is 0 Å². The molecule has 0 saturated carbocycles. The molecule has 1 heterocycles.